The highest BCUT2D eigenvalue weighted by atomic mass is 16.2. The molecule has 5 rings (SSSR count). The predicted octanol–water partition coefficient (Wildman–Crippen LogP) is 3.49. The molecule has 2 aliphatic heterocycles. The van der Waals surface area contributed by atoms with Gasteiger partial charge in [0.1, 0.15) is 34.9 Å². The van der Waals surface area contributed by atoms with Gasteiger partial charge in [-0.2, -0.15) is 5.26 Å². The van der Waals surface area contributed by atoms with Crippen molar-refractivity contribution >= 4 is 45.6 Å². The monoisotopic (exact) mass is 427 g/mol. The van der Waals surface area contributed by atoms with Crippen molar-refractivity contribution < 1.29 is 4.79 Å². The van der Waals surface area contributed by atoms with Crippen LogP contribution in [-0.2, 0) is 11.2 Å². The minimum absolute atomic E-state index is 0.110. The second-order valence-electron chi connectivity index (χ2n) is 8.58. The van der Waals surface area contributed by atoms with E-state index in [1.54, 1.807) is 4.90 Å². The number of hydrogen-bond donors (Lipinski definition) is 2. The first kappa shape index (κ1) is 20.1. The van der Waals surface area contributed by atoms with Gasteiger partial charge in [0, 0.05) is 24.0 Å². The van der Waals surface area contributed by atoms with E-state index in [2.05, 4.69) is 20.9 Å². The molecule has 0 radical (unpaired) electrons. The minimum atomic E-state index is -0.110. The van der Waals surface area contributed by atoms with E-state index in [1.807, 2.05) is 32.0 Å². The second kappa shape index (κ2) is 7.38. The first-order valence-electron chi connectivity index (χ1n) is 10.9. The Morgan fingerprint density at radius 1 is 0.969 bits per heavy atom. The second-order valence-corrected chi connectivity index (χ2v) is 8.58. The molecular formula is C24H25N7O. The van der Waals surface area contributed by atoms with Crippen LogP contribution in [0.2, 0.25) is 0 Å². The lowest BCUT2D eigenvalue weighted by molar-refractivity contribution is -0.116. The molecule has 0 atom stereocenters. The summed E-state index contributed by atoms with van der Waals surface area (Å²) in [6.07, 6.45) is 3.37. The largest absolute Gasteiger partial charge is 0.383 e. The Morgan fingerprint density at radius 3 is 2.31 bits per heavy atom. The molecule has 8 heteroatoms. The van der Waals surface area contributed by atoms with Gasteiger partial charge in [0.25, 0.3) is 0 Å². The quantitative estimate of drug-likeness (QED) is 0.641. The van der Waals surface area contributed by atoms with Crippen molar-refractivity contribution in [2.45, 2.75) is 39.5 Å². The number of amides is 1. The van der Waals surface area contributed by atoms with Gasteiger partial charge in [-0.05, 0) is 56.4 Å². The summed E-state index contributed by atoms with van der Waals surface area (Å²) in [6, 6.07) is 8.19. The highest BCUT2D eigenvalue weighted by Crippen LogP contribution is 2.44. The fraction of sp³-hybridized carbons (Fsp3) is 0.333. The molecular weight excluding hydrogens is 402 g/mol. The lowest BCUT2D eigenvalue weighted by atomic mass is 9.99. The van der Waals surface area contributed by atoms with Gasteiger partial charge in [0.2, 0.25) is 5.91 Å². The van der Waals surface area contributed by atoms with Crippen molar-refractivity contribution in [3.63, 3.8) is 0 Å². The van der Waals surface area contributed by atoms with Crippen LogP contribution in [0, 0.1) is 25.2 Å². The number of aromatic nitrogens is 2. The molecule has 162 valence electrons. The average molecular weight is 428 g/mol. The summed E-state index contributed by atoms with van der Waals surface area (Å²) in [7, 11) is 0. The molecule has 0 spiro atoms. The molecule has 0 bridgehead atoms. The van der Waals surface area contributed by atoms with Crippen LogP contribution in [0.1, 0.15) is 41.5 Å². The van der Waals surface area contributed by atoms with Gasteiger partial charge in [-0.25, -0.2) is 9.97 Å². The number of fused-ring (bicyclic) bond motifs is 3. The Hall–Kier alpha value is -3.86. The van der Waals surface area contributed by atoms with E-state index in [9.17, 15) is 10.1 Å². The number of hydrogen-bond acceptors (Lipinski definition) is 7. The van der Waals surface area contributed by atoms with Crippen LogP contribution in [0.15, 0.2) is 18.2 Å². The number of piperidine rings is 1. The number of nitriles is 1. The van der Waals surface area contributed by atoms with E-state index >= 15 is 0 Å². The zero-order valence-electron chi connectivity index (χ0n) is 18.3. The smallest absolute Gasteiger partial charge is 0.237 e. The molecule has 1 fully saturated rings. The van der Waals surface area contributed by atoms with E-state index in [0.717, 1.165) is 49.2 Å². The fourth-order valence-electron chi connectivity index (χ4n) is 4.77. The lowest BCUT2D eigenvalue weighted by Crippen LogP contribution is -2.31. The van der Waals surface area contributed by atoms with Crippen LogP contribution in [0.25, 0.3) is 10.8 Å². The minimum Gasteiger partial charge on any atom is -0.383 e. The Bertz CT molecular complexity index is 1320. The number of carbonyl (C=O) groups excluding carboxylic acids is 1. The van der Waals surface area contributed by atoms with E-state index in [1.165, 1.54) is 0 Å². The molecule has 3 aromatic rings. The predicted molar refractivity (Wildman–Crippen MR) is 126 cm³/mol. The number of aryl methyl sites for hydroxylation is 2. The molecule has 1 saturated heterocycles. The van der Waals surface area contributed by atoms with Gasteiger partial charge in [-0.3, -0.25) is 9.69 Å². The van der Waals surface area contributed by atoms with Crippen molar-refractivity contribution in [1.82, 2.24) is 9.97 Å². The maximum Gasteiger partial charge on any atom is 0.237 e. The number of benzene rings is 1. The van der Waals surface area contributed by atoms with Gasteiger partial charge >= 0.3 is 0 Å². The summed E-state index contributed by atoms with van der Waals surface area (Å²) in [5.74, 6) is 1.34. The van der Waals surface area contributed by atoms with Crippen LogP contribution in [-0.4, -0.2) is 29.0 Å². The molecule has 4 N–H and O–H groups in total. The Balaban J connectivity index is 1.78. The van der Waals surface area contributed by atoms with Gasteiger partial charge in [-0.1, -0.05) is 6.07 Å². The number of nitrogen functional groups attached to an aromatic ring is 2. The van der Waals surface area contributed by atoms with Crippen molar-refractivity contribution in [1.29, 1.82) is 5.26 Å². The van der Waals surface area contributed by atoms with Crippen molar-refractivity contribution in [3.8, 4) is 6.07 Å². The lowest BCUT2D eigenvalue weighted by Gasteiger charge is -2.29. The third-order valence-electron chi connectivity index (χ3n) is 6.57. The number of nitrogens with zero attached hydrogens (tertiary/aromatic N) is 5. The first-order chi connectivity index (χ1) is 15.4. The topological polar surface area (TPSA) is 125 Å². The van der Waals surface area contributed by atoms with Crippen molar-refractivity contribution in [2.75, 3.05) is 34.4 Å². The summed E-state index contributed by atoms with van der Waals surface area (Å²) < 4.78 is 0. The molecule has 32 heavy (non-hydrogen) atoms. The normalized spacial score (nSPS) is 15.8. The summed E-state index contributed by atoms with van der Waals surface area (Å²) in [5, 5.41) is 11.2. The van der Waals surface area contributed by atoms with Crippen LogP contribution in [0.3, 0.4) is 0 Å². The van der Waals surface area contributed by atoms with Crippen molar-refractivity contribution in [2.24, 2.45) is 0 Å². The molecule has 1 amide bonds. The number of rotatable bonds is 2. The standard InChI is InChI=1S/C24H25N7O/c1-13-6-7-15(10-14(13)2)31-18(32)11-16-19-17(12-25)23(30-8-4-3-5-9-30)28-21(26)20(19)22(27)29-24(16)31/h6-7,10H,3-5,8-9,11H2,1-2H3,(H2,26,28)(H2,27,29). The molecule has 2 aliphatic rings. The van der Waals surface area contributed by atoms with E-state index in [0.29, 0.717) is 33.5 Å². The van der Waals surface area contributed by atoms with E-state index in [4.69, 9.17) is 11.5 Å². The Morgan fingerprint density at radius 2 is 1.66 bits per heavy atom. The van der Waals surface area contributed by atoms with Crippen LogP contribution < -0.4 is 21.3 Å². The number of pyridine rings is 2. The Labute approximate surface area is 186 Å². The van der Waals surface area contributed by atoms with Gasteiger partial charge in [-0.15, -0.1) is 0 Å². The van der Waals surface area contributed by atoms with E-state index < -0.39 is 0 Å². The fourth-order valence-corrected chi connectivity index (χ4v) is 4.77. The SMILES string of the molecule is Cc1ccc(N2C(=O)Cc3c2nc(N)c2c(N)nc(N4CCCCC4)c(C#N)c32)cc1C. The van der Waals surface area contributed by atoms with Gasteiger partial charge in [0.05, 0.1) is 17.5 Å². The zero-order valence-corrected chi connectivity index (χ0v) is 18.3. The number of nitrogens with two attached hydrogens (primary N) is 2. The highest BCUT2D eigenvalue weighted by Gasteiger charge is 2.35. The maximum atomic E-state index is 13.2. The molecule has 2 aromatic heterocycles. The Kier molecular flexibility index (Phi) is 4.63. The van der Waals surface area contributed by atoms with Crippen LogP contribution >= 0.6 is 0 Å². The summed E-state index contributed by atoms with van der Waals surface area (Å²) >= 11 is 0. The highest BCUT2D eigenvalue weighted by molar-refractivity contribution is 6.15. The van der Waals surface area contributed by atoms with Gasteiger partial charge < -0.3 is 16.4 Å². The zero-order chi connectivity index (χ0) is 22.6. The summed E-state index contributed by atoms with van der Waals surface area (Å²) in [5.41, 5.74) is 16.7. The van der Waals surface area contributed by atoms with Crippen LogP contribution in [0.4, 0.5) is 29.0 Å². The maximum absolute atomic E-state index is 13.2. The van der Waals surface area contributed by atoms with Crippen molar-refractivity contribution in [3.05, 3.63) is 40.5 Å². The number of carbonyl (C=O) groups is 1. The molecule has 0 aliphatic carbocycles. The first-order valence-corrected chi connectivity index (χ1v) is 10.9. The third kappa shape index (κ3) is 2.93. The molecule has 1 aromatic carbocycles. The average Bonchev–Trinajstić information content (AvgIpc) is 3.11. The summed E-state index contributed by atoms with van der Waals surface area (Å²) in [4.78, 5) is 26.0. The van der Waals surface area contributed by atoms with Gasteiger partial charge in [0.15, 0.2) is 0 Å². The third-order valence-corrected chi connectivity index (χ3v) is 6.57. The number of anilines is 5. The molecule has 0 saturated carbocycles. The molecule has 4 heterocycles. The molecule has 8 nitrogen and oxygen atoms in total. The molecule has 0 unspecified atom stereocenters. The van der Waals surface area contributed by atoms with E-state index in [-0.39, 0.29) is 24.0 Å². The van der Waals surface area contributed by atoms with Crippen LogP contribution in [0.5, 0.6) is 0 Å². The summed E-state index contributed by atoms with van der Waals surface area (Å²) in [6.45, 7) is 5.68.